The molecular formula is C13H14N4O3. The summed E-state index contributed by atoms with van der Waals surface area (Å²) in [4.78, 5) is 18.3. The predicted molar refractivity (Wildman–Crippen MR) is 74.1 cm³/mol. The van der Waals surface area contributed by atoms with Crippen LogP contribution in [0.1, 0.15) is 12.5 Å². The van der Waals surface area contributed by atoms with Gasteiger partial charge in [0.25, 0.3) is 5.69 Å². The summed E-state index contributed by atoms with van der Waals surface area (Å²) in [5, 5.41) is 13.7. The molecule has 0 spiro atoms. The molecule has 0 radical (unpaired) electrons. The first-order valence-electron chi connectivity index (χ1n) is 6.09. The molecule has 0 saturated heterocycles. The number of rotatable bonds is 5. The molecule has 0 bridgehead atoms. The van der Waals surface area contributed by atoms with Crippen LogP contribution in [0.5, 0.6) is 11.6 Å². The lowest BCUT2D eigenvalue weighted by atomic mass is 10.3. The number of nitro benzene ring substituents is 1. The number of aromatic nitrogens is 2. The van der Waals surface area contributed by atoms with E-state index in [4.69, 9.17) is 4.74 Å². The fraction of sp³-hybridized carbons (Fsp3) is 0.231. The smallest absolute Gasteiger partial charge is 0.269 e. The summed E-state index contributed by atoms with van der Waals surface area (Å²) in [6.07, 6.45) is 1.41. The van der Waals surface area contributed by atoms with Gasteiger partial charge in [0.15, 0.2) is 0 Å². The van der Waals surface area contributed by atoms with Crippen LogP contribution in [0.15, 0.2) is 30.6 Å². The molecule has 1 N–H and O–H groups in total. The summed E-state index contributed by atoms with van der Waals surface area (Å²) in [5.41, 5.74) is 0.804. The largest absolute Gasteiger partial charge is 0.439 e. The third kappa shape index (κ3) is 3.00. The Morgan fingerprint density at radius 2 is 2.00 bits per heavy atom. The van der Waals surface area contributed by atoms with Crippen molar-refractivity contribution < 1.29 is 9.66 Å². The Morgan fingerprint density at radius 3 is 2.60 bits per heavy atom. The normalized spacial score (nSPS) is 10.1. The molecule has 2 aromatic rings. The SMILES string of the molecule is CCNc1ncnc(Oc2ccc([N+](=O)[O-])cc2)c1C. The van der Waals surface area contributed by atoms with Gasteiger partial charge in [-0.05, 0) is 26.0 Å². The molecule has 0 aliphatic rings. The summed E-state index contributed by atoms with van der Waals surface area (Å²) >= 11 is 0. The number of benzene rings is 1. The zero-order valence-corrected chi connectivity index (χ0v) is 11.2. The third-order valence-corrected chi connectivity index (χ3v) is 2.64. The monoisotopic (exact) mass is 274 g/mol. The average Bonchev–Trinajstić information content (AvgIpc) is 2.44. The van der Waals surface area contributed by atoms with E-state index >= 15 is 0 Å². The van der Waals surface area contributed by atoms with Crippen LogP contribution in [0.4, 0.5) is 11.5 Å². The van der Waals surface area contributed by atoms with E-state index in [0.29, 0.717) is 17.4 Å². The Labute approximate surface area is 115 Å². The molecule has 0 atom stereocenters. The van der Waals surface area contributed by atoms with Gasteiger partial charge in [0.05, 0.1) is 10.5 Å². The Kier molecular flexibility index (Phi) is 4.09. The van der Waals surface area contributed by atoms with Crippen LogP contribution in [0.25, 0.3) is 0 Å². The number of anilines is 1. The van der Waals surface area contributed by atoms with E-state index in [0.717, 1.165) is 12.1 Å². The van der Waals surface area contributed by atoms with Gasteiger partial charge in [-0.2, -0.15) is 0 Å². The number of hydrogen-bond donors (Lipinski definition) is 1. The van der Waals surface area contributed by atoms with Gasteiger partial charge in [0.1, 0.15) is 17.9 Å². The molecule has 2 rings (SSSR count). The molecule has 7 heteroatoms. The van der Waals surface area contributed by atoms with E-state index in [9.17, 15) is 10.1 Å². The quantitative estimate of drug-likeness (QED) is 0.666. The maximum absolute atomic E-state index is 10.6. The average molecular weight is 274 g/mol. The standard InChI is InChI=1S/C13H14N4O3/c1-3-14-12-9(2)13(16-8-15-12)20-11-6-4-10(5-7-11)17(18)19/h4-8H,3H2,1-2H3,(H,14,15,16). The lowest BCUT2D eigenvalue weighted by Gasteiger charge is -2.10. The van der Waals surface area contributed by atoms with Crippen molar-refractivity contribution in [3.05, 3.63) is 46.3 Å². The number of non-ortho nitro benzene ring substituents is 1. The van der Waals surface area contributed by atoms with E-state index in [1.54, 1.807) is 0 Å². The molecule has 1 heterocycles. The highest BCUT2D eigenvalue weighted by molar-refractivity contribution is 5.49. The topological polar surface area (TPSA) is 90.2 Å². The first kappa shape index (κ1) is 13.7. The molecular weight excluding hydrogens is 260 g/mol. The summed E-state index contributed by atoms with van der Waals surface area (Å²) in [7, 11) is 0. The maximum Gasteiger partial charge on any atom is 0.269 e. The Balaban J connectivity index is 2.21. The summed E-state index contributed by atoms with van der Waals surface area (Å²) < 4.78 is 5.62. The van der Waals surface area contributed by atoms with Crippen LogP contribution < -0.4 is 10.1 Å². The number of ether oxygens (including phenoxy) is 1. The lowest BCUT2D eigenvalue weighted by molar-refractivity contribution is -0.384. The van der Waals surface area contributed by atoms with Crippen molar-refractivity contribution in [1.29, 1.82) is 0 Å². The second kappa shape index (κ2) is 5.96. The lowest BCUT2D eigenvalue weighted by Crippen LogP contribution is -2.03. The molecule has 0 aliphatic heterocycles. The van der Waals surface area contributed by atoms with Crippen molar-refractivity contribution in [1.82, 2.24) is 9.97 Å². The number of nitrogens with one attached hydrogen (secondary N) is 1. The van der Waals surface area contributed by atoms with Gasteiger partial charge >= 0.3 is 0 Å². The zero-order chi connectivity index (χ0) is 14.5. The van der Waals surface area contributed by atoms with Crippen molar-refractivity contribution in [3.8, 4) is 11.6 Å². The molecule has 0 saturated carbocycles. The van der Waals surface area contributed by atoms with Crippen LogP contribution in [0.3, 0.4) is 0 Å². The number of nitrogens with zero attached hydrogens (tertiary/aromatic N) is 3. The fourth-order valence-corrected chi connectivity index (χ4v) is 1.63. The van der Waals surface area contributed by atoms with Crippen molar-refractivity contribution in [2.24, 2.45) is 0 Å². The summed E-state index contributed by atoms with van der Waals surface area (Å²) in [6.45, 7) is 4.56. The van der Waals surface area contributed by atoms with Gasteiger partial charge in [-0.15, -0.1) is 0 Å². The molecule has 104 valence electrons. The highest BCUT2D eigenvalue weighted by atomic mass is 16.6. The van der Waals surface area contributed by atoms with Crippen molar-refractivity contribution in [2.75, 3.05) is 11.9 Å². The highest BCUT2D eigenvalue weighted by Gasteiger charge is 2.10. The number of hydrogen-bond acceptors (Lipinski definition) is 6. The first-order valence-corrected chi connectivity index (χ1v) is 6.09. The van der Waals surface area contributed by atoms with Gasteiger partial charge in [0.2, 0.25) is 5.88 Å². The van der Waals surface area contributed by atoms with Gasteiger partial charge in [-0.25, -0.2) is 9.97 Å². The molecule has 0 amide bonds. The summed E-state index contributed by atoms with van der Waals surface area (Å²) in [6, 6.07) is 5.84. The van der Waals surface area contributed by atoms with E-state index in [-0.39, 0.29) is 5.69 Å². The summed E-state index contributed by atoms with van der Waals surface area (Å²) in [5.74, 6) is 1.61. The molecule has 1 aromatic heterocycles. The van der Waals surface area contributed by atoms with Crippen LogP contribution >= 0.6 is 0 Å². The van der Waals surface area contributed by atoms with Crippen molar-refractivity contribution in [2.45, 2.75) is 13.8 Å². The fourth-order valence-electron chi connectivity index (χ4n) is 1.63. The number of nitro groups is 1. The maximum atomic E-state index is 10.6. The van der Waals surface area contributed by atoms with Crippen molar-refractivity contribution in [3.63, 3.8) is 0 Å². The minimum absolute atomic E-state index is 0.0186. The minimum Gasteiger partial charge on any atom is -0.439 e. The van der Waals surface area contributed by atoms with Crippen LogP contribution in [-0.4, -0.2) is 21.4 Å². The van der Waals surface area contributed by atoms with Gasteiger partial charge < -0.3 is 10.1 Å². The van der Waals surface area contributed by atoms with Crippen LogP contribution in [0.2, 0.25) is 0 Å². The molecule has 1 aromatic carbocycles. The van der Waals surface area contributed by atoms with E-state index in [1.807, 2.05) is 13.8 Å². The van der Waals surface area contributed by atoms with E-state index in [1.165, 1.54) is 30.6 Å². The van der Waals surface area contributed by atoms with Crippen molar-refractivity contribution >= 4 is 11.5 Å². The van der Waals surface area contributed by atoms with E-state index in [2.05, 4.69) is 15.3 Å². The minimum atomic E-state index is -0.455. The second-order valence-electron chi connectivity index (χ2n) is 4.04. The van der Waals surface area contributed by atoms with Crippen LogP contribution in [0, 0.1) is 17.0 Å². The zero-order valence-electron chi connectivity index (χ0n) is 11.2. The van der Waals surface area contributed by atoms with E-state index < -0.39 is 4.92 Å². The molecule has 7 nitrogen and oxygen atoms in total. The van der Waals surface area contributed by atoms with Crippen LogP contribution in [-0.2, 0) is 0 Å². The highest BCUT2D eigenvalue weighted by Crippen LogP contribution is 2.27. The molecule has 0 unspecified atom stereocenters. The molecule has 20 heavy (non-hydrogen) atoms. The molecule has 0 fully saturated rings. The third-order valence-electron chi connectivity index (χ3n) is 2.64. The Hall–Kier alpha value is -2.70. The Bertz CT molecular complexity index is 614. The van der Waals surface area contributed by atoms with Gasteiger partial charge in [-0.3, -0.25) is 10.1 Å². The molecule has 0 aliphatic carbocycles. The van der Waals surface area contributed by atoms with Gasteiger partial charge in [0, 0.05) is 18.7 Å². The second-order valence-corrected chi connectivity index (χ2v) is 4.04. The predicted octanol–water partition coefficient (Wildman–Crippen LogP) is 2.92. The first-order chi connectivity index (χ1) is 9.61. The van der Waals surface area contributed by atoms with Gasteiger partial charge in [-0.1, -0.05) is 0 Å². The Morgan fingerprint density at radius 1 is 1.30 bits per heavy atom.